The van der Waals surface area contributed by atoms with Crippen molar-refractivity contribution >= 4 is 17.7 Å². The molecule has 1 N–H and O–H groups in total. The molecule has 3 amide bonds. The van der Waals surface area contributed by atoms with E-state index in [0.717, 1.165) is 5.75 Å². The van der Waals surface area contributed by atoms with E-state index < -0.39 is 6.04 Å². The molecule has 1 aromatic carbocycles. The predicted molar refractivity (Wildman–Crippen MR) is 90.9 cm³/mol. The minimum absolute atomic E-state index is 0.0367. The number of ether oxygens (including phenoxy) is 1. The van der Waals surface area contributed by atoms with Gasteiger partial charge in [0, 0.05) is 32.6 Å². The van der Waals surface area contributed by atoms with Gasteiger partial charge in [-0.2, -0.15) is 0 Å². The number of hydrogen-bond acceptors (Lipinski definition) is 4. The van der Waals surface area contributed by atoms with E-state index in [4.69, 9.17) is 4.74 Å². The van der Waals surface area contributed by atoms with E-state index in [9.17, 15) is 14.4 Å². The molecule has 0 saturated carbocycles. The van der Waals surface area contributed by atoms with Crippen molar-refractivity contribution in [2.24, 2.45) is 0 Å². The Balaban J connectivity index is 1.38. The average molecular weight is 345 g/mol. The summed E-state index contributed by atoms with van der Waals surface area (Å²) in [4.78, 5) is 39.3. The van der Waals surface area contributed by atoms with Crippen molar-refractivity contribution in [1.29, 1.82) is 0 Å². The summed E-state index contributed by atoms with van der Waals surface area (Å²) in [5.41, 5.74) is 0. The maximum absolute atomic E-state index is 12.3. The van der Waals surface area contributed by atoms with Crippen LogP contribution in [0.25, 0.3) is 0 Å². The molecule has 0 aliphatic carbocycles. The van der Waals surface area contributed by atoms with E-state index in [1.807, 2.05) is 30.3 Å². The van der Waals surface area contributed by atoms with Gasteiger partial charge in [0.1, 0.15) is 11.8 Å². The summed E-state index contributed by atoms with van der Waals surface area (Å²) < 4.78 is 5.55. The van der Waals surface area contributed by atoms with Crippen LogP contribution >= 0.6 is 0 Å². The summed E-state index contributed by atoms with van der Waals surface area (Å²) >= 11 is 0. The van der Waals surface area contributed by atoms with Crippen molar-refractivity contribution in [2.45, 2.75) is 25.3 Å². The molecule has 0 aromatic heterocycles. The number of rotatable bonds is 5. The second-order valence-electron chi connectivity index (χ2n) is 6.28. The first-order valence-electron chi connectivity index (χ1n) is 8.67. The summed E-state index contributed by atoms with van der Waals surface area (Å²) in [7, 11) is 0. The first-order valence-corrected chi connectivity index (χ1v) is 8.67. The van der Waals surface area contributed by atoms with Gasteiger partial charge in [0.15, 0.2) is 0 Å². The number of benzene rings is 1. The van der Waals surface area contributed by atoms with Crippen LogP contribution in [0.1, 0.15) is 19.3 Å². The maximum Gasteiger partial charge on any atom is 0.245 e. The molecule has 3 rings (SSSR count). The van der Waals surface area contributed by atoms with E-state index in [1.54, 1.807) is 9.80 Å². The molecule has 1 unspecified atom stereocenters. The Labute approximate surface area is 146 Å². The molecular weight excluding hydrogens is 322 g/mol. The fourth-order valence-electron chi connectivity index (χ4n) is 3.13. The standard InChI is InChI=1S/C18H23N3O4/c22-16-7-6-15(19-16)18(24)21-11-9-20(10-12-21)17(23)8-13-25-14-4-2-1-3-5-14/h1-5,15H,6-13H2,(H,19,22). The van der Waals surface area contributed by atoms with Gasteiger partial charge in [-0.05, 0) is 18.6 Å². The summed E-state index contributed by atoms with van der Waals surface area (Å²) in [6, 6.07) is 9.01. The van der Waals surface area contributed by atoms with Crippen molar-refractivity contribution < 1.29 is 19.1 Å². The van der Waals surface area contributed by atoms with Crippen LogP contribution in [0, 0.1) is 0 Å². The van der Waals surface area contributed by atoms with Crippen molar-refractivity contribution in [2.75, 3.05) is 32.8 Å². The topological polar surface area (TPSA) is 79.0 Å². The second kappa shape index (κ2) is 8.00. The molecule has 2 fully saturated rings. The van der Waals surface area contributed by atoms with Gasteiger partial charge in [0.05, 0.1) is 13.0 Å². The van der Waals surface area contributed by atoms with E-state index in [-0.39, 0.29) is 17.7 Å². The monoisotopic (exact) mass is 345 g/mol. The third-order valence-corrected chi connectivity index (χ3v) is 4.57. The smallest absolute Gasteiger partial charge is 0.245 e. The molecule has 7 nitrogen and oxygen atoms in total. The quantitative estimate of drug-likeness (QED) is 0.838. The number of nitrogens with one attached hydrogen (secondary N) is 1. The van der Waals surface area contributed by atoms with Crippen molar-refractivity contribution in [3.8, 4) is 5.75 Å². The Bertz CT molecular complexity index is 626. The molecule has 1 aromatic rings. The van der Waals surface area contributed by atoms with Crippen LogP contribution < -0.4 is 10.1 Å². The zero-order valence-corrected chi connectivity index (χ0v) is 14.1. The summed E-state index contributed by atoms with van der Waals surface area (Å²) in [6.45, 7) is 2.41. The number of para-hydroxylation sites is 1. The van der Waals surface area contributed by atoms with Crippen molar-refractivity contribution in [1.82, 2.24) is 15.1 Å². The van der Waals surface area contributed by atoms with E-state index in [2.05, 4.69) is 5.32 Å². The number of hydrogen-bond donors (Lipinski definition) is 1. The van der Waals surface area contributed by atoms with Crippen LogP contribution in [0.2, 0.25) is 0 Å². The number of nitrogens with zero attached hydrogens (tertiary/aromatic N) is 2. The van der Waals surface area contributed by atoms with Crippen LogP contribution in [0.5, 0.6) is 5.75 Å². The third-order valence-electron chi connectivity index (χ3n) is 4.57. The van der Waals surface area contributed by atoms with Crippen molar-refractivity contribution in [3.63, 3.8) is 0 Å². The number of carbonyl (C=O) groups excluding carboxylic acids is 3. The fraction of sp³-hybridized carbons (Fsp3) is 0.500. The first-order chi connectivity index (χ1) is 12.1. The largest absolute Gasteiger partial charge is 0.493 e. The number of piperazine rings is 1. The van der Waals surface area contributed by atoms with Crippen LogP contribution in [-0.2, 0) is 14.4 Å². The van der Waals surface area contributed by atoms with E-state index >= 15 is 0 Å². The average Bonchev–Trinajstić information content (AvgIpc) is 3.08. The minimum Gasteiger partial charge on any atom is -0.493 e. The van der Waals surface area contributed by atoms with Crippen molar-refractivity contribution in [3.05, 3.63) is 30.3 Å². The zero-order chi connectivity index (χ0) is 17.6. The lowest BCUT2D eigenvalue weighted by atomic mass is 10.2. The van der Waals surface area contributed by atoms with Crippen LogP contribution in [0.15, 0.2) is 30.3 Å². The first kappa shape index (κ1) is 17.3. The third kappa shape index (κ3) is 4.49. The van der Waals surface area contributed by atoms with Gasteiger partial charge in [0.2, 0.25) is 17.7 Å². The molecule has 0 spiro atoms. The molecule has 2 saturated heterocycles. The van der Waals surface area contributed by atoms with Gasteiger partial charge < -0.3 is 19.9 Å². The SMILES string of the molecule is O=C1CCC(C(=O)N2CCN(C(=O)CCOc3ccccc3)CC2)N1. The molecule has 0 radical (unpaired) electrons. The molecule has 2 heterocycles. The molecule has 2 aliphatic rings. The van der Waals surface area contributed by atoms with E-state index in [0.29, 0.717) is 52.0 Å². The predicted octanol–water partition coefficient (Wildman–Crippen LogP) is 0.405. The molecule has 7 heteroatoms. The molecule has 2 aliphatic heterocycles. The minimum atomic E-state index is -0.394. The Morgan fingerprint density at radius 3 is 2.40 bits per heavy atom. The summed E-state index contributed by atoms with van der Waals surface area (Å²) in [5, 5.41) is 2.70. The Morgan fingerprint density at radius 2 is 1.76 bits per heavy atom. The summed E-state index contributed by atoms with van der Waals surface area (Å²) in [5.74, 6) is 0.692. The van der Waals surface area contributed by atoms with Gasteiger partial charge in [-0.1, -0.05) is 18.2 Å². The highest BCUT2D eigenvalue weighted by molar-refractivity contribution is 5.91. The molecule has 25 heavy (non-hydrogen) atoms. The highest BCUT2D eigenvalue weighted by atomic mass is 16.5. The molecule has 0 bridgehead atoms. The Morgan fingerprint density at radius 1 is 1.08 bits per heavy atom. The highest BCUT2D eigenvalue weighted by Gasteiger charge is 2.32. The molecular formula is C18H23N3O4. The summed E-state index contributed by atoms with van der Waals surface area (Å²) in [6.07, 6.45) is 1.30. The van der Waals surface area contributed by atoms with Gasteiger partial charge in [-0.3, -0.25) is 14.4 Å². The molecule has 134 valence electrons. The normalized spacial score (nSPS) is 20.3. The number of amides is 3. The van der Waals surface area contributed by atoms with E-state index in [1.165, 1.54) is 0 Å². The molecule has 1 atom stereocenters. The fourth-order valence-corrected chi connectivity index (χ4v) is 3.13. The lowest BCUT2D eigenvalue weighted by Gasteiger charge is -2.36. The lowest BCUT2D eigenvalue weighted by molar-refractivity contribution is -0.141. The van der Waals surface area contributed by atoms with Crippen LogP contribution in [-0.4, -0.2) is 66.3 Å². The van der Waals surface area contributed by atoms with Gasteiger partial charge in [-0.15, -0.1) is 0 Å². The number of carbonyl (C=O) groups is 3. The maximum atomic E-state index is 12.3. The second-order valence-corrected chi connectivity index (χ2v) is 6.28. The van der Waals surface area contributed by atoms with Crippen LogP contribution in [0.4, 0.5) is 0 Å². The lowest BCUT2D eigenvalue weighted by Crippen LogP contribution is -2.54. The van der Waals surface area contributed by atoms with Crippen LogP contribution in [0.3, 0.4) is 0 Å². The Kier molecular flexibility index (Phi) is 5.53. The Hall–Kier alpha value is -2.57. The van der Waals surface area contributed by atoms with Gasteiger partial charge in [0.25, 0.3) is 0 Å². The van der Waals surface area contributed by atoms with Gasteiger partial charge in [-0.25, -0.2) is 0 Å². The highest BCUT2D eigenvalue weighted by Crippen LogP contribution is 2.13. The van der Waals surface area contributed by atoms with Gasteiger partial charge >= 0.3 is 0 Å². The zero-order valence-electron chi connectivity index (χ0n) is 14.1.